The maximum atomic E-state index is 13.8. The van der Waals surface area contributed by atoms with Crippen LogP contribution in [-0.4, -0.2) is 76.3 Å². The van der Waals surface area contributed by atoms with Gasteiger partial charge >= 0.3 is 6.03 Å². The number of aryl methyl sites for hydroxylation is 1. The standard InChI is InChI=1S/C29H35N7O4/c1-6-35-17-29(4,5)40-25-23(26(35)37)24(33-27(34-25)36-14-15-39-16-19(36)3)20-10-12-21(13-11-20)31-28(38)32-22-9-7-8-18(2)30-22/h7-13,19H,6,14-17H2,1-5H3,(H2,30,31,32,38). The Morgan fingerprint density at radius 3 is 2.58 bits per heavy atom. The van der Waals surface area contributed by atoms with Gasteiger partial charge in [-0.1, -0.05) is 18.2 Å². The quantitative estimate of drug-likeness (QED) is 0.485. The van der Waals surface area contributed by atoms with Crippen LogP contribution in [0.25, 0.3) is 11.3 Å². The number of ether oxygens (including phenoxy) is 2. The summed E-state index contributed by atoms with van der Waals surface area (Å²) in [6.45, 7) is 12.5. The molecule has 1 fully saturated rings. The Morgan fingerprint density at radius 1 is 1.10 bits per heavy atom. The number of likely N-dealkylation sites (N-methyl/N-ethyl adjacent to an activating group) is 1. The summed E-state index contributed by atoms with van der Waals surface area (Å²) in [5.41, 5.74) is 2.28. The highest BCUT2D eigenvalue weighted by atomic mass is 16.5. The smallest absolute Gasteiger partial charge is 0.324 e. The first-order valence-electron chi connectivity index (χ1n) is 13.5. The molecule has 2 aromatic heterocycles. The second kappa shape index (κ2) is 11.1. The van der Waals surface area contributed by atoms with E-state index in [0.29, 0.717) is 67.1 Å². The van der Waals surface area contributed by atoms with Gasteiger partial charge in [-0.25, -0.2) is 14.8 Å². The molecule has 0 bridgehead atoms. The van der Waals surface area contributed by atoms with Gasteiger partial charge in [-0.05, 0) is 58.9 Å². The van der Waals surface area contributed by atoms with E-state index in [1.807, 2.05) is 52.0 Å². The summed E-state index contributed by atoms with van der Waals surface area (Å²) in [5, 5.41) is 5.55. The van der Waals surface area contributed by atoms with Crippen LogP contribution in [0.4, 0.5) is 22.2 Å². The fraction of sp³-hybridized carbons (Fsp3) is 0.414. The second-order valence-electron chi connectivity index (χ2n) is 10.7. The van der Waals surface area contributed by atoms with Crippen LogP contribution in [0.3, 0.4) is 0 Å². The van der Waals surface area contributed by atoms with Crippen molar-refractivity contribution in [1.82, 2.24) is 19.9 Å². The van der Waals surface area contributed by atoms with E-state index in [0.717, 1.165) is 5.69 Å². The molecule has 1 atom stereocenters. The van der Waals surface area contributed by atoms with Crippen LogP contribution in [0, 0.1) is 6.92 Å². The average molecular weight is 546 g/mol. The topological polar surface area (TPSA) is 122 Å². The Kier molecular flexibility index (Phi) is 7.57. The molecule has 0 saturated carbocycles. The van der Waals surface area contributed by atoms with Gasteiger partial charge in [-0.2, -0.15) is 4.98 Å². The van der Waals surface area contributed by atoms with E-state index in [1.54, 1.807) is 23.1 Å². The molecule has 0 radical (unpaired) electrons. The minimum atomic E-state index is -0.635. The Bertz CT molecular complexity index is 1410. The Labute approximate surface area is 233 Å². The minimum Gasteiger partial charge on any atom is -0.469 e. The monoisotopic (exact) mass is 545 g/mol. The van der Waals surface area contributed by atoms with Crippen LogP contribution >= 0.6 is 0 Å². The van der Waals surface area contributed by atoms with Crippen molar-refractivity contribution in [3.05, 3.63) is 53.7 Å². The highest BCUT2D eigenvalue weighted by molar-refractivity contribution is 6.03. The van der Waals surface area contributed by atoms with Crippen LogP contribution in [0.2, 0.25) is 0 Å². The van der Waals surface area contributed by atoms with E-state index < -0.39 is 11.6 Å². The summed E-state index contributed by atoms with van der Waals surface area (Å²) < 4.78 is 12.0. The number of rotatable bonds is 5. The predicted molar refractivity (Wildman–Crippen MR) is 153 cm³/mol. The molecule has 1 unspecified atom stereocenters. The number of hydrogen-bond acceptors (Lipinski definition) is 8. The molecule has 2 N–H and O–H groups in total. The third-order valence-electron chi connectivity index (χ3n) is 6.86. The van der Waals surface area contributed by atoms with E-state index in [-0.39, 0.29) is 17.8 Å². The number of anilines is 3. The van der Waals surface area contributed by atoms with E-state index in [4.69, 9.17) is 19.4 Å². The molecule has 2 aliphatic heterocycles. The zero-order valence-electron chi connectivity index (χ0n) is 23.5. The normalized spacial score (nSPS) is 18.4. The van der Waals surface area contributed by atoms with E-state index in [1.165, 1.54) is 0 Å². The van der Waals surface area contributed by atoms with Crippen LogP contribution in [-0.2, 0) is 4.74 Å². The fourth-order valence-electron chi connectivity index (χ4n) is 4.90. The third kappa shape index (κ3) is 5.84. The summed E-state index contributed by atoms with van der Waals surface area (Å²) in [5.74, 6) is 1.05. The molecule has 5 rings (SSSR count). The SMILES string of the molecule is CCN1CC(C)(C)Oc2nc(N3CCOCC3C)nc(-c3ccc(NC(=O)Nc4cccc(C)n4)cc3)c2C1=O. The van der Waals surface area contributed by atoms with Gasteiger partial charge in [0.15, 0.2) is 0 Å². The zero-order chi connectivity index (χ0) is 28.4. The molecule has 4 heterocycles. The average Bonchev–Trinajstić information content (AvgIpc) is 3.01. The van der Waals surface area contributed by atoms with E-state index in [9.17, 15) is 9.59 Å². The van der Waals surface area contributed by atoms with Crippen LogP contribution in [0.5, 0.6) is 5.88 Å². The maximum absolute atomic E-state index is 13.8. The zero-order valence-corrected chi connectivity index (χ0v) is 23.5. The highest BCUT2D eigenvalue weighted by Crippen LogP contribution is 2.36. The lowest BCUT2D eigenvalue weighted by Crippen LogP contribution is -2.44. The number of benzene rings is 1. The number of nitrogens with zero attached hydrogens (tertiary/aromatic N) is 5. The van der Waals surface area contributed by atoms with Crippen molar-refractivity contribution < 1.29 is 19.1 Å². The summed E-state index contributed by atoms with van der Waals surface area (Å²) in [4.78, 5) is 44.1. The first kappa shape index (κ1) is 27.3. The molecule has 11 nitrogen and oxygen atoms in total. The molecule has 40 heavy (non-hydrogen) atoms. The molecule has 1 saturated heterocycles. The van der Waals surface area contributed by atoms with Crippen molar-refractivity contribution in [2.45, 2.75) is 46.3 Å². The van der Waals surface area contributed by atoms with Gasteiger partial charge in [-0.3, -0.25) is 10.1 Å². The maximum Gasteiger partial charge on any atom is 0.324 e. The number of pyridine rings is 1. The van der Waals surface area contributed by atoms with Crippen LogP contribution in [0.1, 0.15) is 43.7 Å². The van der Waals surface area contributed by atoms with Crippen LogP contribution < -0.4 is 20.3 Å². The number of fused-ring (bicyclic) bond motifs is 1. The number of carbonyl (C=O) groups is 2. The van der Waals surface area contributed by atoms with Crippen LogP contribution in [0.15, 0.2) is 42.5 Å². The van der Waals surface area contributed by atoms with Gasteiger partial charge < -0.3 is 24.6 Å². The molecule has 1 aromatic carbocycles. The number of carbonyl (C=O) groups excluding carboxylic acids is 2. The van der Waals surface area contributed by atoms with Gasteiger partial charge in [0.25, 0.3) is 5.91 Å². The van der Waals surface area contributed by atoms with Crippen molar-refractivity contribution >= 4 is 29.4 Å². The largest absolute Gasteiger partial charge is 0.469 e. The van der Waals surface area contributed by atoms with Gasteiger partial charge in [0.05, 0.1) is 31.5 Å². The number of urea groups is 1. The number of amides is 3. The van der Waals surface area contributed by atoms with E-state index in [2.05, 4.69) is 27.4 Å². The van der Waals surface area contributed by atoms with E-state index >= 15 is 0 Å². The second-order valence-corrected chi connectivity index (χ2v) is 10.7. The van der Waals surface area contributed by atoms with Crippen molar-refractivity contribution in [2.24, 2.45) is 0 Å². The molecule has 2 aliphatic rings. The molecule has 210 valence electrons. The van der Waals surface area contributed by atoms with Crippen molar-refractivity contribution in [1.29, 1.82) is 0 Å². The van der Waals surface area contributed by atoms with Crippen molar-refractivity contribution in [3.8, 4) is 17.1 Å². The van der Waals surface area contributed by atoms with Gasteiger partial charge in [0.2, 0.25) is 11.8 Å². The first-order chi connectivity index (χ1) is 19.1. The van der Waals surface area contributed by atoms with Crippen molar-refractivity contribution in [2.75, 3.05) is 48.4 Å². The Morgan fingerprint density at radius 2 is 1.88 bits per heavy atom. The lowest BCUT2D eigenvalue weighted by Gasteiger charge is -2.34. The molecule has 3 amide bonds. The summed E-state index contributed by atoms with van der Waals surface area (Å²) >= 11 is 0. The molecule has 0 aliphatic carbocycles. The summed E-state index contributed by atoms with van der Waals surface area (Å²) in [6.07, 6.45) is 0. The first-order valence-corrected chi connectivity index (χ1v) is 13.5. The fourth-order valence-corrected chi connectivity index (χ4v) is 4.90. The van der Waals surface area contributed by atoms with Gasteiger partial charge in [-0.15, -0.1) is 0 Å². The summed E-state index contributed by atoms with van der Waals surface area (Å²) in [6, 6.07) is 12.3. The van der Waals surface area contributed by atoms with Gasteiger partial charge in [0, 0.05) is 30.0 Å². The lowest BCUT2D eigenvalue weighted by atomic mass is 10.0. The highest BCUT2D eigenvalue weighted by Gasteiger charge is 2.38. The molecule has 11 heteroatoms. The molecular formula is C29H35N7O4. The Hall–Kier alpha value is -4.25. The predicted octanol–water partition coefficient (Wildman–Crippen LogP) is 4.35. The third-order valence-corrected chi connectivity index (χ3v) is 6.86. The molecule has 0 spiro atoms. The van der Waals surface area contributed by atoms with Crippen molar-refractivity contribution in [3.63, 3.8) is 0 Å². The summed E-state index contributed by atoms with van der Waals surface area (Å²) in [7, 11) is 0. The lowest BCUT2D eigenvalue weighted by molar-refractivity contribution is 0.0541. The molecular weight excluding hydrogens is 510 g/mol. The van der Waals surface area contributed by atoms with Gasteiger partial charge in [0.1, 0.15) is 17.0 Å². The number of nitrogens with one attached hydrogen (secondary N) is 2. The number of hydrogen-bond donors (Lipinski definition) is 2. The number of aromatic nitrogens is 3. The number of morpholine rings is 1. The Balaban J connectivity index is 1.50. The minimum absolute atomic E-state index is 0.0641. The molecule has 3 aromatic rings.